The van der Waals surface area contributed by atoms with E-state index >= 15 is 0 Å². The second-order valence-corrected chi connectivity index (χ2v) is 10.1. The van der Waals surface area contributed by atoms with Crippen LogP contribution in [0.25, 0.3) is 0 Å². The average Bonchev–Trinajstić information content (AvgIpc) is 3.49. The summed E-state index contributed by atoms with van der Waals surface area (Å²) in [5.41, 5.74) is 2.24. The number of rotatable bonds is 6. The van der Waals surface area contributed by atoms with Crippen molar-refractivity contribution in [3.63, 3.8) is 0 Å². The van der Waals surface area contributed by atoms with Gasteiger partial charge in [-0.25, -0.2) is 0 Å². The number of hydrogen-bond acceptors (Lipinski definition) is 5. The zero-order valence-corrected chi connectivity index (χ0v) is 18.3. The van der Waals surface area contributed by atoms with Crippen LogP contribution in [-0.2, 0) is 33.6 Å². The summed E-state index contributed by atoms with van der Waals surface area (Å²) in [4.78, 5) is 40.1. The number of aryl methyl sites for hydroxylation is 1. The second kappa shape index (κ2) is 8.04. The highest BCUT2D eigenvalue weighted by Crippen LogP contribution is 2.45. The molecular weight excluding hydrogens is 438 g/mol. The highest BCUT2D eigenvalue weighted by Gasteiger charge is 2.55. The number of carbonyl (C=O) groups excluding carboxylic acids is 2. The number of thiophene rings is 1. The number of halogens is 1. The van der Waals surface area contributed by atoms with Crippen molar-refractivity contribution < 1.29 is 24.2 Å². The van der Waals surface area contributed by atoms with E-state index in [1.54, 1.807) is 24.3 Å². The van der Waals surface area contributed by atoms with Gasteiger partial charge in [-0.1, -0.05) is 11.6 Å². The number of carbonyl (C=O) groups is 3. The van der Waals surface area contributed by atoms with Gasteiger partial charge in [-0.3, -0.25) is 14.4 Å². The molecule has 31 heavy (non-hydrogen) atoms. The summed E-state index contributed by atoms with van der Waals surface area (Å²) >= 11 is 7.45. The number of carboxylic acids is 1. The molecule has 4 atom stereocenters. The number of benzene rings is 1. The number of ether oxygens (including phenoxy) is 1. The predicted molar refractivity (Wildman–Crippen MR) is 117 cm³/mol. The first-order chi connectivity index (χ1) is 14.9. The molecule has 2 bridgehead atoms. The maximum Gasteiger partial charge on any atom is 0.309 e. The van der Waals surface area contributed by atoms with Crippen molar-refractivity contribution in [2.24, 2.45) is 11.8 Å². The summed E-state index contributed by atoms with van der Waals surface area (Å²) in [6.45, 7) is 0. The molecule has 2 N–H and O–H groups in total. The van der Waals surface area contributed by atoms with Crippen LogP contribution < -0.4 is 5.32 Å². The van der Waals surface area contributed by atoms with Gasteiger partial charge in [0.25, 0.3) is 5.91 Å². The number of amides is 1. The van der Waals surface area contributed by atoms with E-state index in [-0.39, 0.29) is 30.3 Å². The van der Waals surface area contributed by atoms with Gasteiger partial charge in [0.1, 0.15) is 5.78 Å². The molecule has 1 aliphatic carbocycles. The lowest BCUT2D eigenvalue weighted by atomic mass is 9.76. The fourth-order valence-corrected chi connectivity index (χ4v) is 6.78. The van der Waals surface area contributed by atoms with E-state index in [1.165, 1.54) is 11.3 Å². The van der Waals surface area contributed by atoms with E-state index in [1.807, 2.05) is 0 Å². The second-order valence-electron chi connectivity index (χ2n) is 8.44. The zero-order valence-electron chi connectivity index (χ0n) is 16.7. The van der Waals surface area contributed by atoms with Gasteiger partial charge in [0, 0.05) is 26.9 Å². The van der Waals surface area contributed by atoms with Gasteiger partial charge >= 0.3 is 5.97 Å². The van der Waals surface area contributed by atoms with Crippen LogP contribution in [0.3, 0.4) is 0 Å². The summed E-state index contributed by atoms with van der Waals surface area (Å²) in [5.74, 6) is -2.77. The molecule has 4 unspecified atom stereocenters. The first-order valence-electron chi connectivity index (χ1n) is 10.5. The van der Waals surface area contributed by atoms with E-state index < -0.39 is 17.8 Å². The van der Waals surface area contributed by atoms with Gasteiger partial charge in [-0.15, -0.1) is 11.3 Å². The Kier molecular flexibility index (Phi) is 5.36. The minimum absolute atomic E-state index is 0.0715. The Bertz CT molecular complexity index is 1060. The molecule has 0 saturated carbocycles. The highest BCUT2D eigenvalue weighted by molar-refractivity contribution is 7.12. The quantitative estimate of drug-likeness (QED) is 0.677. The fraction of sp³-hybridized carbons (Fsp3) is 0.435. The monoisotopic (exact) mass is 459 g/mol. The summed E-state index contributed by atoms with van der Waals surface area (Å²) in [6, 6.07) is 6.89. The van der Waals surface area contributed by atoms with Crippen LogP contribution in [-0.4, -0.2) is 35.0 Å². The minimum Gasteiger partial charge on any atom is -0.481 e. The molecule has 0 radical (unpaired) electrons. The molecular formula is C23H22ClNO5S. The zero-order chi connectivity index (χ0) is 21.7. The third kappa shape index (κ3) is 3.69. The topological polar surface area (TPSA) is 92.7 Å². The van der Waals surface area contributed by atoms with Crippen molar-refractivity contribution in [2.75, 3.05) is 5.32 Å². The molecule has 2 aliphatic heterocycles. The Labute approximate surface area is 188 Å². The van der Waals surface area contributed by atoms with Gasteiger partial charge in [-0.2, -0.15) is 0 Å². The van der Waals surface area contributed by atoms with Gasteiger partial charge in [0.05, 0.1) is 29.6 Å². The third-order valence-corrected chi connectivity index (χ3v) is 8.13. The van der Waals surface area contributed by atoms with Crippen molar-refractivity contribution in [2.45, 2.75) is 50.7 Å². The maximum absolute atomic E-state index is 13.2. The highest BCUT2D eigenvalue weighted by atomic mass is 35.5. The van der Waals surface area contributed by atoms with E-state index in [0.717, 1.165) is 41.0 Å². The van der Waals surface area contributed by atoms with Gasteiger partial charge in [0.15, 0.2) is 0 Å². The minimum atomic E-state index is -0.972. The van der Waals surface area contributed by atoms with Crippen LogP contribution in [0.5, 0.6) is 0 Å². The number of nitrogens with one attached hydrogen (secondary N) is 1. The Morgan fingerprint density at radius 2 is 1.81 bits per heavy atom. The van der Waals surface area contributed by atoms with E-state index in [9.17, 15) is 19.5 Å². The van der Waals surface area contributed by atoms with Crippen LogP contribution in [0.4, 0.5) is 5.69 Å². The Balaban J connectivity index is 1.41. The number of fused-ring (bicyclic) bond motifs is 3. The predicted octanol–water partition coefficient (Wildman–Crippen LogP) is 4.13. The van der Waals surface area contributed by atoms with Crippen molar-refractivity contribution >= 4 is 46.3 Å². The SMILES string of the molecule is O=C(Nc1ccc(Cl)cc1)c1c(CC(=O)C2C3CCC(O3)C2C(=O)O)sc2c1CCC2. The van der Waals surface area contributed by atoms with E-state index in [2.05, 4.69) is 5.32 Å². The maximum atomic E-state index is 13.2. The van der Waals surface area contributed by atoms with Crippen molar-refractivity contribution in [1.29, 1.82) is 0 Å². The summed E-state index contributed by atoms with van der Waals surface area (Å²) in [6.07, 6.45) is 3.50. The molecule has 5 rings (SSSR count). The van der Waals surface area contributed by atoms with Crippen LogP contribution in [0.2, 0.25) is 5.02 Å². The fourth-order valence-electron chi connectivity index (χ4n) is 5.25. The summed E-state index contributed by atoms with van der Waals surface area (Å²) < 4.78 is 5.76. The molecule has 6 nitrogen and oxygen atoms in total. The van der Waals surface area contributed by atoms with Crippen molar-refractivity contribution in [1.82, 2.24) is 0 Å². The van der Waals surface area contributed by atoms with Crippen LogP contribution in [0.1, 0.15) is 44.9 Å². The standard InChI is InChI=1S/C23H22ClNO5S/c24-11-4-6-12(7-5-11)25-22(27)19-13-2-1-3-17(13)31-18(19)10-14(26)20-15-8-9-16(30-15)21(20)23(28)29/h4-7,15-16,20-21H,1-3,8-10H2,(H,25,27)(H,28,29). The lowest BCUT2D eigenvalue weighted by molar-refractivity contribution is -0.147. The van der Waals surface area contributed by atoms with Crippen LogP contribution >= 0.6 is 22.9 Å². The van der Waals surface area contributed by atoms with Crippen molar-refractivity contribution in [3.8, 4) is 0 Å². The molecule has 162 valence electrons. The molecule has 0 spiro atoms. The number of Topliss-reactive ketones (excluding diaryl/α,β-unsaturated/α-hetero) is 1. The third-order valence-electron chi connectivity index (χ3n) is 6.59. The first kappa shape index (κ1) is 20.7. The molecule has 2 saturated heterocycles. The normalized spacial score (nSPS) is 26.1. The molecule has 8 heteroatoms. The van der Waals surface area contributed by atoms with E-state index in [4.69, 9.17) is 16.3 Å². The first-order valence-corrected chi connectivity index (χ1v) is 11.7. The molecule has 2 aromatic rings. The lowest BCUT2D eigenvalue weighted by Gasteiger charge is -2.23. The van der Waals surface area contributed by atoms with Gasteiger partial charge in [-0.05, 0) is 61.9 Å². The lowest BCUT2D eigenvalue weighted by Crippen LogP contribution is -2.39. The molecule has 1 amide bonds. The average molecular weight is 460 g/mol. The molecule has 1 aromatic carbocycles. The number of ketones is 1. The van der Waals surface area contributed by atoms with Crippen molar-refractivity contribution in [3.05, 3.63) is 50.2 Å². The molecule has 3 heterocycles. The summed E-state index contributed by atoms with van der Waals surface area (Å²) in [7, 11) is 0. The van der Waals surface area contributed by atoms with Gasteiger partial charge in [0.2, 0.25) is 0 Å². The van der Waals surface area contributed by atoms with Gasteiger partial charge < -0.3 is 15.2 Å². The largest absolute Gasteiger partial charge is 0.481 e. The number of aliphatic carboxylic acids is 1. The number of carboxylic acid groups (broad SMARTS) is 1. The number of hydrogen-bond donors (Lipinski definition) is 2. The van der Waals surface area contributed by atoms with Crippen LogP contribution in [0, 0.1) is 11.8 Å². The Hall–Kier alpha value is -2.22. The van der Waals surface area contributed by atoms with Crippen LogP contribution in [0.15, 0.2) is 24.3 Å². The van der Waals surface area contributed by atoms with E-state index in [0.29, 0.717) is 22.7 Å². The Morgan fingerprint density at radius 1 is 1.10 bits per heavy atom. The Morgan fingerprint density at radius 3 is 2.52 bits per heavy atom. The molecule has 1 aromatic heterocycles. The molecule has 2 fully saturated rings. The molecule has 3 aliphatic rings. The summed E-state index contributed by atoms with van der Waals surface area (Å²) in [5, 5.41) is 13.1. The number of anilines is 1. The smallest absolute Gasteiger partial charge is 0.309 e.